The van der Waals surface area contributed by atoms with E-state index >= 15 is 0 Å². The van der Waals surface area contributed by atoms with Crippen LogP contribution in [0.2, 0.25) is 0 Å². The molecule has 1 aliphatic rings. The van der Waals surface area contributed by atoms with Gasteiger partial charge in [-0.3, -0.25) is 4.79 Å². The van der Waals surface area contributed by atoms with Crippen molar-refractivity contribution in [2.75, 3.05) is 13.2 Å². The van der Waals surface area contributed by atoms with E-state index < -0.39 is 0 Å². The molecule has 1 aliphatic heterocycles. The third kappa shape index (κ3) is 7.95. The van der Waals surface area contributed by atoms with Gasteiger partial charge in [-0.25, -0.2) is 0 Å². The number of carbonyl (C=O) groups is 1. The molecule has 1 saturated heterocycles. The van der Waals surface area contributed by atoms with Gasteiger partial charge in [-0.2, -0.15) is 0 Å². The molecule has 4 heteroatoms. The molecule has 0 aromatic heterocycles. The molecule has 4 nitrogen and oxygen atoms in total. The number of carbonyl (C=O) groups excluding carboxylic acids is 1. The second-order valence-corrected chi connectivity index (χ2v) is 6.01. The summed E-state index contributed by atoms with van der Waals surface area (Å²) in [5.74, 6) is -0.166. The molecule has 1 fully saturated rings. The number of ether oxygens (including phenoxy) is 3. The van der Waals surface area contributed by atoms with E-state index in [0.29, 0.717) is 13.2 Å². The largest absolute Gasteiger partial charge is 0.457 e. The Morgan fingerprint density at radius 1 is 1.23 bits per heavy atom. The zero-order valence-corrected chi connectivity index (χ0v) is 14.4. The Morgan fingerprint density at radius 3 is 2.59 bits per heavy atom. The molecule has 0 aliphatic carbocycles. The van der Waals surface area contributed by atoms with Gasteiger partial charge in [-0.1, -0.05) is 52.2 Å². The van der Waals surface area contributed by atoms with Gasteiger partial charge in [-0.05, 0) is 19.3 Å². The van der Waals surface area contributed by atoms with Crippen molar-refractivity contribution in [1.29, 1.82) is 0 Å². The summed E-state index contributed by atoms with van der Waals surface area (Å²) in [5, 5.41) is 0. The van der Waals surface area contributed by atoms with Crippen molar-refractivity contribution in [3.05, 3.63) is 12.2 Å². The Morgan fingerprint density at radius 2 is 1.95 bits per heavy atom. The fraction of sp³-hybridized carbons (Fsp3) is 0.833. The molecule has 0 N–H and O–H groups in total. The highest BCUT2D eigenvalue weighted by molar-refractivity contribution is 5.72. The van der Waals surface area contributed by atoms with Crippen LogP contribution in [0.4, 0.5) is 0 Å². The van der Waals surface area contributed by atoms with E-state index in [1.165, 1.54) is 12.8 Å². The first-order valence-electron chi connectivity index (χ1n) is 8.76. The van der Waals surface area contributed by atoms with E-state index in [4.69, 9.17) is 14.2 Å². The Hall–Kier alpha value is -0.870. The monoisotopic (exact) mass is 312 g/mol. The van der Waals surface area contributed by atoms with Gasteiger partial charge in [0.05, 0.1) is 19.1 Å². The number of hydrogen-bond acceptors (Lipinski definition) is 4. The van der Waals surface area contributed by atoms with Gasteiger partial charge < -0.3 is 14.2 Å². The first kappa shape index (κ1) is 19.2. The number of allylic oxidation sites excluding steroid dienone is 2. The summed E-state index contributed by atoms with van der Waals surface area (Å²) in [7, 11) is 0. The van der Waals surface area contributed by atoms with E-state index in [1.807, 2.05) is 6.92 Å². The predicted molar refractivity (Wildman–Crippen MR) is 87.5 cm³/mol. The van der Waals surface area contributed by atoms with Gasteiger partial charge in [0.15, 0.2) is 6.29 Å². The molecule has 128 valence electrons. The standard InChI is InChI=1S/C18H32O4/c1-4-6-8-10-12-17-20-13-16(14-21-17)22-18(19)15(3)11-9-7-5-2/h6,8,15-17H,4-5,7,9-14H2,1-3H3. The lowest BCUT2D eigenvalue weighted by Crippen LogP contribution is -2.39. The molecule has 1 rings (SSSR count). The number of rotatable bonds is 10. The lowest BCUT2D eigenvalue weighted by Gasteiger charge is -2.29. The maximum atomic E-state index is 12.0. The molecule has 0 spiro atoms. The fourth-order valence-corrected chi connectivity index (χ4v) is 2.38. The number of hydrogen-bond donors (Lipinski definition) is 0. The number of esters is 1. The molecule has 0 bridgehead atoms. The lowest BCUT2D eigenvalue weighted by atomic mass is 10.0. The summed E-state index contributed by atoms with van der Waals surface area (Å²) in [6.07, 6.45) is 11.0. The van der Waals surface area contributed by atoms with Crippen molar-refractivity contribution in [2.24, 2.45) is 5.92 Å². The van der Waals surface area contributed by atoms with Gasteiger partial charge in [0.25, 0.3) is 0 Å². The zero-order chi connectivity index (χ0) is 16.2. The van der Waals surface area contributed by atoms with Crippen molar-refractivity contribution in [2.45, 2.75) is 78.1 Å². The van der Waals surface area contributed by atoms with Crippen LogP contribution in [-0.4, -0.2) is 31.6 Å². The zero-order valence-electron chi connectivity index (χ0n) is 14.4. The molecule has 1 atom stereocenters. The van der Waals surface area contributed by atoms with Crippen LogP contribution in [0.3, 0.4) is 0 Å². The topological polar surface area (TPSA) is 44.8 Å². The molecule has 0 saturated carbocycles. The van der Waals surface area contributed by atoms with Crippen molar-refractivity contribution >= 4 is 5.97 Å². The van der Waals surface area contributed by atoms with E-state index in [0.717, 1.165) is 32.1 Å². The average molecular weight is 312 g/mol. The van der Waals surface area contributed by atoms with E-state index in [2.05, 4.69) is 26.0 Å². The van der Waals surface area contributed by atoms with Gasteiger partial charge >= 0.3 is 5.97 Å². The summed E-state index contributed by atoms with van der Waals surface area (Å²) in [6.45, 7) is 7.09. The molecule has 1 unspecified atom stereocenters. The van der Waals surface area contributed by atoms with Crippen molar-refractivity contribution in [1.82, 2.24) is 0 Å². The molecular formula is C18H32O4. The minimum atomic E-state index is -0.261. The smallest absolute Gasteiger partial charge is 0.309 e. The second-order valence-electron chi connectivity index (χ2n) is 6.01. The summed E-state index contributed by atoms with van der Waals surface area (Å²) in [5.41, 5.74) is 0. The fourth-order valence-electron chi connectivity index (χ4n) is 2.38. The quantitative estimate of drug-likeness (QED) is 0.344. The van der Waals surface area contributed by atoms with Crippen LogP contribution >= 0.6 is 0 Å². The van der Waals surface area contributed by atoms with Crippen molar-refractivity contribution in [3.63, 3.8) is 0 Å². The molecule has 1 heterocycles. The molecular weight excluding hydrogens is 280 g/mol. The first-order valence-corrected chi connectivity index (χ1v) is 8.76. The molecule has 0 radical (unpaired) electrons. The van der Waals surface area contributed by atoms with Crippen LogP contribution in [0.15, 0.2) is 12.2 Å². The minimum Gasteiger partial charge on any atom is -0.457 e. The van der Waals surface area contributed by atoms with Crippen LogP contribution < -0.4 is 0 Å². The Bertz CT molecular complexity index is 319. The Kier molecular flexibility index (Phi) is 10.2. The van der Waals surface area contributed by atoms with Crippen LogP contribution in [-0.2, 0) is 19.0 Å². The van der Waals surface area contributed by atoms with Crippen LogP contribution in [0.25, 0.3) is 0 Å². The normalized spacial score (nSPS) is 23.6. The van der Waals surface area contributed by atoms with Crippen LogP contribution in [0.1, 0.15) is 65.7 Å². The maximum absolute atomic E-state index is 12.0. The SMILES string of the molecule is CCC=CCCC1OCC(OC(=O)C(C)CCCCC)CO1. The molecule has 0 aromatic carbocycles. The van der Waals surface area contributed by atoms with Gasteiger partial charge in [-0.15, -0.1) is 0 Å². The lowest BCUT2D eigenvalue weighted by molar-refractivity contribution is -0.228. The molecule has 22 heavy (non-hydrogen) atoms. The van der Waals surface area contributed by atoms with E-state index in [-0.39, 0.29) is 24.3 Å². The van der Waals surface area contributed by atoms with Crippen molar-refractivity contribution in [3.8, 4) is 0 Å². The summed E-state index contributed by atoms with van der Waals surface area (Å²) >= 11 is 0. The highest BCUT2D eigenvalue weighted by Crippen LogP contribution is 2.16. The van der Waals surface area contributed by atoms with Gasteiger partial charge in [0, 0.05) is 6.42 Å². The number of unbranched alkanes of at least 4 members (excludes halogenated alkanes) is 2. The summed E-state index contributed by atoms with van der Waals surface area (Å²) in [4.78, 5) is 12.0. The minimum absolute atomic E-state index is 0.0385. The first-order chi connectivity index (χ1) is 10.7. The predicted octanol–water partition coefficient (Wildman–Crippen LogP) is 4.23. The Labute approximate surface area is 135 Å². The maximum Gasteiger partial charge on any atom is 0.309 e. The van der Waals surface area contributed by atoms with Crippen LogP contribution in [0, 0.1) is 5.92 Å². The van der Waals surface area contributed by atoms with Crippen molar-refractivity contribution < 1.29 is 19.0 Å². The third-order valence-corrected chi connectivity index (χ3v) is 3.83. The van der Waals surface area contributed by atoms with E-state index in [1.54, 1.807) is 0 Å². The molecule has 0 aromatic rings. The van der Waals surface area contributed by atoms with Gasteiger partial charge in [0.2, 0.25) is 0 Å². The van der Waals surface area contributed by atoms with Crippen LogP contribution in [0.5, 0.6) is 0 Å². The van der Waals surface area contributed by atoms with E-state index in [9.17, 15) is 4.79 Å². The molecule has 0 amide bonds. The Balaban J connectivity index is 2.16. The third-order valence-electron chi connectivity index (χ3n) is 3.83. The van der Waals surface area contributed by atoms with Gasteiger partial charge in [0.1, 0.15) is 6.10 Å². The highest BCUT2D eigenvalue weighted by atomic mass is 16.7. The summed E-state index contributed by atoms with van der Waals surface area (Å²) in [6, 6.07) is 0. The second kappa shape index (κ2) is 11.7. The summed E-state index contributed by atoms with van der Waals surface area (Å²) < 4.78 is 16.7. The average Bonchev–Trinajstić information content (AvgIpc) is 2.53. The highest BCUT2D eigenvalue weighted by Gasteiger charge is 2.26.